The van der Waals surface area contributed by atoms with Crippen molar-refractivity contribution < 1.29 is 22.7 Å². The lowest BCUT2D eigenvalue weighted by molar-refractivity contribution is -0.118. The zero-order valence-corrected chi connectivity index (χ0v) is 19.7. The number of hydrogen-bond acceptors (Lipinski definition) is 5. The highest BCUT2D eigenvalue weighted by Crippen LogP contribution is 2.34. The molecule has 0 bridgehead atoms. The van der Waals surface area contributed by atoms with Crippen LogP contribution in [0.3, 0.4) is 0 Å². The average molecular weight is 460 g/mol. The van der Waals surface area contributed by atoms with Gasteiger partial charge in [-0.15, -0.1) is 0 Å². The fraction of sp³-hybridized carbons (Fsp3) is 0.391. The smallest absolute Gasteiger partial charge is 0.242 e. The Kier molecular flexibility index (Phi) is 6.90. The number of nitrogens with zero attached hydrogens (tertiary/aromatic N) is 1. The Balaban J connectivity index is 1.80. The summed E-state index contributed by atoms with van der Waals surface area (Å²) < 4.78 is 33.8. The van der Waals surface area contributed by atoms with E-state index in [0.29, 0.717) is 17.9 Å². The van der Waals surface area contributed by atoms with Gasteiger partial charge in [0, 0.05) is 24.3 Å². The zero-order valence-electron chi connectivity index (χ0n) is 18.9. The molecule has 0 radical (unpaired) electrons. The van der Waals surface area contributed by atoms with Crippen LogP contribution in [0.5, 0.6) is 5.75 Å². The Morgan fingerprint density at radius 1 is 1.12 bits per heavy atom. The third-order valence-electron chi connectivity index (χ3n) is 5.50. The quantitative estimate of drug-likeness (QED) is 0.662. The highest BCUT2D eigenvalue weighted by molar-refractivity contribution is 7.89. The lowest BCUT2D eigenvalue weighted by Gasteiger charge is -2.22. The van der Waals surface area contributed by atoms with Gasteiger partial charge in [-0.3, -0.25) is 9.59 Å². The Morgan fingerprint density at radius 2 is 1.78 bits per heavy atom. The minimum Gasteiger partial charge on any atom is -0.497 e. The van der Waals surface area contributed by atoms with Crippen molar-refractivity contribution in [3.05, 3.63) is 48.0 Å². The summed E-state index contributed by atoms with van der Waals surface area (Å²) in [5.41, 5.74) is 2.05. The highest BCUT2D eigenvalue weighted by atomic mass is 32.2. The second-order valence-electron chi connectivity index (χ2n) is 8.29. The van der Waals surface area contributed by atoms with E-state index in [0.717, 1.165) is 11.3 Å². The van der Waals surface area contributed by atoms with Gasteiger partial charge < -0.3 is 15.0 Å². The van der Waals surface area contributed by atoms with Gasteiger partial charge in [0.15, 0.2) is 0 Å². The van der Waals surface area contributed by atoms with Crippen LogP contribution >= 0.6 is 0 Å². The predicted molar refractivity (Wildman–Crippen MR) is 123 cm³/mol. The average Bonchev–Trinajstić information content (AvgIpc) is 3.07. The van der Waals surface area contributed by atoms with Crippen molar-refractivity contribution in [2.24, 2.45) is 5.92 Å². The van der Waals surface area contributed by atoms with Crippen LogP contribution in [-0.4, -0.2) is 39.4 Å². The van der Waals surface area contributed by atoms with Crippen molar-refractivity contribution in [3.8, 4) is 5.75 Å². The molecule has 2 amide bonds. The number of rotatable bonds is 7. The Labute approximate surface area is 189 Å². The molecule has 9 heteroatoms. The number of carbonyl (C=O) groups excluding carboxylic acids is 2. The molecule has 2 N–H and O–H groups in total. The van der Waals surface area contributed by atoms with Crippen LogP contribution in [0, 0.1) is 5.92 Å². The molecule has 0 fully saturated rings. The van der Waals surface area contributed by atoms with Crippen LogP contribution in [0.1, 0.15) is 33.3 Å². The number of ether oxygens (including phenoxy) is 1. The van der Waals surface area contributed by atoms with Gasteiger partial charge in [-0.25, -0.2) is 8.42 Å². The third kappa shape index (κ3) is 4.94. The number of hydrogen-bond donors (Lipinski definition) is 2. The molecule has 2 aromatic rings. The first-order valence-electron chi connectivity index (χ1n) is 10.4. The normalized spacial score (nSPS) is 16.6. The van der Waals surface area contributed by atoms with E-state index in [1.165, 1.54) is 13.0 Å². The topological polar surface area (TPSA) is 105 Å². The fourth-order valence-electron chi connectivity index (χ4n) is 3.88. The van der Waals surface area contributed by atoms with E-state index >= 15 is 0 Å². The number of benzene rings is 2. The molecule has 8 nitrogen and oxygen atoms in total. The van der Waals surface area contributed by atoms with E-state index in [-0.39, 0.29) is 22.8 Å². The first-order valence-corrected chi connectivity index (χ1v) is 11.9. The van der Waals surface area contributed by atoms with Gasteiger partial charge in [-0.1, -0.05) is 13.8 Å². The number of nitrogens with one attached hydrogen (secondary N) is 2. The SMILES string of the molecule is COc1ccc(NC(=O)[C@H](NS(=O)(=O)c2ccc3c(c2)C[C@H](C)N3C(C)=O)C(C)C)cc1. The summed E-state index contributed by atoms with van der Waals surface area (Å²) in [5.74, 6) is -0.171. The van der Waals surface area contributed by atoms with Crippen molar-refractivity contribution in [1.82, 2.24) is 4.72 Å². The molecule has 1 heterocycles. The van der Waals surface area contributed by atoms with E-state index in [9.17, 15) is 18.0 Å². The second-order valence-corrected chi connectivity index (χ2v) is 10.0. The summed E-state index contributed by atoms with van der Waals surface area (Å²) in [4.78, 5) is 26.5. The van der Waals surface area contributed by atoms with Crippen molar-refractivity contribution >= 4 is 33.2 Å². The number of anilines is 2. The van der Waals surface area contributed by atoms with Crippen LogP contribution in [0.4, 0.5) is 11.4 Å². The monoisotopic (exact) mass is 459 g/mol. The van der Waals surface area contributed by atoms with E-state index in [4.69, 9.17) is 4.74 Å². The molecule has 0 saturated heterocycles. The molecule has 0 aromatic heterocycles. The van der Waals surface area contributed by atoms with Gasteiger partial charge in [0.25, 0.3) is 0 Å². The van der Waals surface area contributed by atoms with Crippen molar-refractivity contribution in [2.45, 2.75) is 51.1 Å². The minimum atomic E-state index is -3.96. The van der Waals surface area contributed by atoms with Gasteiger partial charge in [-0.05, 0) is 67.3 Å². The molecular formula is C23H29N3O5S. The largest absolute Gasteiger partial charge is 0.497 e. The lowest BCUT2D eigenvalue weighted by atomic mass is 10.0. The first kappa shape index (κ1) is 23.7. The summed E-state index contributed by atoms with van der Waals surface area (Å²) in [6.07, 6.45) is 0.573. The summed E-state index contributed by atoms with van der Waals surface area (Å²) in [6.45, 7) is 6.96. The predicted octanol–water partition coefficient (Wildman–Crippen LogP) is 2.93. The van der Waals surface area contributed by atoms with Crippen molar-refractivity contribution in [3.63, 3.8) is 0 Å². The summed E-state index contributed by atoms with van der Waals surface area (Å²) in [6, 6.07) is 10.5. The van der Waals surface area contributed by atoms with Gasteiger partial charge in [-0.2, -0.15) is 4.72 Å². The van der Waals surface area contributed by atoms with E-state index in [2.05, 4.69) is 10.0 Å². The molecule has 1 aliphatic rings. The second kappa shape index (κ2) is 9.30. The minimum absolute atomic E-state index is 0.0351. The highest BCUT2D eigenvalue weighted by Gasteiger charge is 2.32. The summed E-state index contributed by atoms with van der Waals surface area (Å²) in [7, 11) is -2.41. The van der Waals surface area contributed by atoms with E-state index in [1.807, 2.05) is 6.92 Å². The maximum absolute atomic E-state index is 13.1. The molecule has 0 spiro atoms. The first-order chi connectivity index (χ1) is 15.0. The Bertz CT molecular complexity index is 1110. The zero-order chi connectivity index (χ0) is 23.6. The molecule has 2 aromatic carbocycles. The van der Waals surface area contributed by atoms with Crippen LogP contribution in [-0.2, 0) is 26.0 Å². The summed E-state index contributed by atoms with van der Waals surface area (Å²) >= 11 is 0. The molecule has 0 saturated carbocycles. The van der Waals surface area contributed by atoms with Gasteiger partial charge in [0.2, 0.25) is 21.8 Å². The Morgan fingerprint density at radius 3 is 2.34 bits per heavy atom. The van der Waals surface area contributed by atoms with Gasteiger partial charge in [0.1, 0.15) is 11.8 Å². The molecule has 0 unspecified atom stereocenters. The fourth-order valence-corrected chi connectivity index (χ4v) is 5.27. The van der Waals surface area contributed by atoms with Crippen molar-refractivity contribution in [1.29, 1.82) is 0 Å². The van der Waals surface area contributed by atoms with Gasteiger partial charge >= 0.3 is 0 Å². The maximum Gasteiger partial charge on any atom is 0.242 e. The number of carbonyl (C=O) groups is 2. The molecule has 2 atom stereocenters. The molecule has 32 heavy (non-hydrogen) atoms. The molecule has 172 valence electrons. The van der Waals surface area contributed by atoms with Crippen molar-refractivity contribution in [2.75, 3.05) is 17.3 Å². The molecule has 0 aliphatic carbocycles. The van der Waals surface area contributed by atoms with Crippen LogP contribution in [0.15, 0.2) is 47.4 Å². The molecule has 1 aliphatic heterocycles. The third-order valence-corrected chi connectivity index (χ3v) is 6.94. The number of amides is 2. The maximum atomic E-state index is 13.1. The van der Waals surface area contributed by atoms with Crippen LogP contribution in [0.2, 0.25) is 0 Å². The van der Waals surface area contributed by atoms with Gasteiger partial charge in [0.05, 0.1) is 12.0 Å². The number of methoxy groups -OCH3 is 1. The van der Waals surface area contributed by atoms with E-state index in [1.54, 1.807) is 62.3 Å². The van der Waals surface area contributed by atoms with Crippen LogP contribution < -0.4 is 19.7 Å². The number of sulfonamides is 1. The molecular weight excluding hydrogens is 430 g/mol. The number of fused-ring (bicyclic) bond motifs is 1. The lowest BCUT2D eigenvalue weighted by Crippen LogP contribution is -2.47. The van der Waals surface area contributed by atoms with E-state index < -0.39 is 22.0 Å². The van der Waals surface area contributed by atoms with Crippen LogP contribution in [0.25, 0.3) is 0 Å². The summed E-state index contributed by atoms with van der Waals surface area (Å²) in [5, 5.41) is 2.75. The standard InChI is InChI=1S/C23H29N3O5S/c1-14(2)22(23(28)24-18-6-8-19(31-5)9-7-18)25-32(29,30)20-10-11-21-17(13-20)12-15(3)26(21)16(4)27/h6-11,13-15,22,25H,12H2,1-5H3,(H,24,28)/t15-,22+/m0/s1. The Hall–Kier alpha value is -2.91. The molecule has 3 rings (SSSR count).